The van der Waals surface area contributed by atoms with E-state index in [1.807, 2.05) is 49.6 Å². The fourth-order valence-electron chi connectivity index (χ4n) is 2.79. The summed E-state index contributed by atoms with van der Waals surface area (Å²) in [4.78, 5) is 0. The maximum absolute atomic E-state index is 6.08. The summed E-state index contributed by atoms with van der Waals surface area (Å²) >= 11 is 6.08. The van der Waals surface area contributed by atoms with Crippen LogP contribution in [0.1, 0.15) is 5.56 Å². The smallest absolute Gasteiger partial charge is 0.176 e. The zero-order valence-electron chi connectivity index (χ0n) is 12.9. The number of nitrogens with one attached hydrogen (secondary N) is 1. The lowest BCUT2D eigenvalue weighted by Crippen LogP contribution is -1.97. The average Bonchev–Trinajstić information content (AvgIpc) is 2.94. The Labute approximate surface area is 143 Å². The molecule has 6 heteroatoms. The Kier molecular flexibility index (Phi) is 3.63. The summed E-state index contributed by atoms with van der Waals surface area (Å²) in [6.07, 6.45) is 3.83. The predicted molar refractivity (Wildman–Crippen MR) is 98.7 cm³/mol. The molecule has 0 aliphatic carbocycles. The highest BCUT2D eigenvalue weighted by molar-refractivity contribution is 6.34. The number of halogens is 1. The number of hydrogen-bond acceptors (Lipinski definition) is 4. The van der Waals surface area contributed by atoms with Crippen molar-refractivity contribution < 1.29 is 0 Å². The Hall–Kier alpha value is -2.92. The second kappa shape index (κ2) is 5.94. The van der Waals surface area contributed by atoms with Gasteiger partial charge in [0.1, 0.15) is 0 Å². The third kappa shape index (κ3) is 2.49. The van der Waals surface area contributed by atoms with E-state index in [4.69, 9.17) is 11.6 Å². The first-order chi connectivity index (χ1) is 11.7. The highest BCUT2D eigenvalue weighted by atomic mass is 35.5. The molecule has 0 radical (unpaired) electrons. The van der Waals surface area contributed by atoms with E-state index in [2.05, 4.69) is 37.4 Å². The first kappa shape index (κ1) is 14.7. The van der Waals surface area contributed by atoms with Gasteiger partial charge in [0, 0.05) is 40.5 Å². The number of aromatic nitrogens is 3. The number of hydrazone groups is 1. The van der Waals surface area contributed by atoms with Crippen LogP contribution in [0, 0.1) is 0 Å². The van der Waals surface area contributed by atoms with E-state index < -0.39 is 0 Å². The molecular formula is C18H14ClN5. The van der Waals surface area contributed by atoms with Gasteiger partial charge in [-0.2, -0.15) is 5.10 Å². The summed E-state index contributed by atoms with van der Waals surface area (Å²) in [5, 5.41) is 15.6. The van der Waals surface area contributed by atoms with E-state index in [9.17, 15) is 0 Å². The van der Waals surface area contributed by atoms with E-state index >= 15 is 0 Å². The van der Waals surface area contributed by atoms with Gasteiger partial charge in [0.15, 0.2) is 11.0 Å². The van der Waals surface area contributed by atoms with E-state index in [0.29, 0.717) is 11.0 Å². The van der Waals surface area contributed by atoms with Crippen molar-refractivity contribution >= 4 is 45.3 Å². The molecule has 2 heterocycles. The highest BCUT2D eigenvalue weighted by Crippen LogP contribution is 2.25. The number of para-hydroxylation sites is 1. The molecular weight excluding hydrogens is 322 g/mol. The lowest BCUT2D eigenvalue weighted by atomic mass is 10.2. The number of hydrogen-bond donors (Lipinski definition) is 1. The highest BCUT2D eigenvalue weighted by Gasteiger charge is 2.07. The third-order valence-corrected chi connectivity index (χ3v) is 4.22. The Balaban J connectivity index is 1.67. The lowest BCUT2D eigenvalue weighted by Gasteiger charge is -2.04. The van der Waals surface area contributed by atoms with Gasteiger partial charge in [0.25, 0.3) is 0 Å². The van der Waals surface area contributed by atoms with Crippen LogP contribution >= 0.6 is 11.6 Å². The predicted octanol–water partition coefficient (Wildman–Crippen LogP) is 4.22. The normalized spacial score (nSPS) is 11.6. The van der Waals surface area contributed by atoms with Gasteiger partial charge in [-0.05, 0) is 6.07 Å². The number of benzene rings is 2. The van der Waals surface area contributed by atoms with Gasteiger partial charge in [-0.25, -0.2) is 0 Å². The maximum Gasteiger partial charge on any atom is 0.176 e. The van der Waals surface area contributed by atoms with Crippen molar-refractivity contribution in [1.82, 2.24) is 14.8 Å². The van der Waals surface area contributed by atoms with Crippen LogP contribution in [0.5, 0.6) is 0 Å². The third-order valence-electron chi connectivity index (χ3n) is 3.94. The number of anilines is 1. The van der Waals surface area contributed by atoms with Crippen LogP contribution in [0.25, 0.3) is 21.7 Å². The quantitative estimate of drug-likeness (QED) is 0.450. The molecule has 1 N–H and O–H groups in total. The van der Waals surface area contributed by atoms with E-state index in [0.717, 1.165) is 27.2 Å². The van der Waals surface area contributed by atoms with Gasteiger partial charge in [0.05, 0.1) is 6.21 Å². The van der Waals surface area contributed by atoms with Gasteiger partial charge >= 0.3 is 0 Å². The van der Waals surface area contributed by atoms with Crippen LogP contribution in [0.3, 0.4) is 0 Å². The summed E-state index contributed by atoms with van der Waals surface area (Å²) < 4.78 is 2.08. The Morgan fingerprint density at radius 3 is 2.54 bits per heavy atom. The Bertz CT molecular complexity index is 1070. The topological polar surface area (TPSA) is 55.1 Å². The maximum atomic E-state index is 6.08. The lowest BCUT2D eigenvalue weighted by molar-refractivity contribution is 0.968. The molecule has 0 amide bonds. The summed E-state index contributed by atoms with van der Waals surface area (Å²) in [6, 6.07) is 15.9. The van der Waals surface area contributed by atoms with Crippen LogP contribution in [0.4, 0.5) is 5.82 Å². The fraction of sp³-hybridized carbons (Fsp3) is 0.0556. The molecule has 0 bridgehead atoms. The van der Waals surface area contributed by atoms with Gasteiger partial charge in [-0.1, -0.05) is 54.1 Å². The Morgan fingerprint density at radius 2 is 1.71 bits per heavy atom. The molecule has 0 unspecified atom stereocenters. The molecule has 2 aromatic carbocycles. The van der Waals surface area contributed by atoms with Crippen molar-refractivity contribution in [3.05, 3.63) is 65.4 Å². The molecule has 0 aliphatic heterocycles. The summed E-state index contributed by atoms with van der Waals surface area (Å²) in [5.74, 6) is 0.575. The van der Waals surface area contributed by atoms with Crippen molar-refractivity contribution in [3.63, 3.8) is 0 Å². The fourth-order valence-corrected chi connectivity index (χ4v) is 3.00. The number of fused-ring (bicyclic) bond motifs is 2. The molecule has 4 rings (SSSR count). The molecule has 0 aliphatic rings. The van der Waals surface area contributed by atoms with Crippen molar-refractivity contribution in [2.45, 2.75) is 0 Å². The molecule has 24 heavy (non-hydrogen) atoms. The zero-order valence-corrected chi connectivity index (χ0v) is 13.7. The van der Waals surface area contributed by atoms with Gasteiger partial charge in [0.2, 0.25) is 0 Å². The molecule has 0 fully saturated rings. The van der Waals surface area contributed by atoms with Crippen molar-refractivity contribution in [2.75, 3.05) is 5.43 Å². The van der Waals surface area contributed by atoms with Gasteiger partial charge < -0.3 is 4.57 Å². The average molecular weight is 336 g/mol. The van der Waals surface area contributed by atoms with E-state index in [1.165, 1.54) is 0 Å². The van der Waals surface area contributed by atoms with Crippen molar-refractivity contribution in [1.29, 1.82) is 0 Å². The molecule has 4 aromatic rings. The molecule has 5 nitrogen and oxygen atoms in total. The first-order valence-corrected chi connectivity index (χ1v) is 7.86. The minimum Gasteiger partial charge on any atom is -0.350 e. The van der Waals surface area contributed by atoms with Crippen LogP contribution in [-0.2, 0) is 7.05 Å². The molecule has 2 aromatic heterocycles. The first-order valence-electron chi connectivity index (χ1n) is 7.48. The number of aryl methyl sites for hydroxylation is 1. The monoisotopic (exact) mass is 335 g/mol. The number of rotatable bonds is 3. The van der Waals surface area contributed by atoms with Gasteiger partial charge in [-0.3, -0.25) is 5.43 Å². The van der Waals surface area contributed by atoms with Crippen LogP contribution in [0.15, 0.2) is 59.8 Å². The van der Waals surface area contributed by atoms with E-state index in [1.54, 1.807) is 6.21 Å². The molecule has 0 spiro atoms. The summed E-state index contributed by atoms with van der Waals surface area (Å²) in [5.41, 5.74) is 5.16. The van der Waals surface area contributed by atoms with Crippen LogP contribution in [-0.4, -0.2) is 21.0 Å². The molecule has 0 saturated carbocycles. The minimum atomic E-state index is 0.384. The second-order valence-corrected chi connectivity index (χ2v) is 5.83. The Morgan fingerprint density at radius 1 is 1.00 bits per heavy atom. The van der Waals surface area contributed by atoms with Crippen molar-refractivity contribution in [3.8, 4) is 0 Å². The van der Waals surface area contributed by atoms with Crippen molar-refractivity contribution in [2.24, 2.45) is 12.1 Å². The summed E-state index contributed by atoms with van der Waals surface area (Å²) in [7, 11) is 2.02. The van der Waals surface area contributed by atoms with Crippen LogP contribution in [0.2, 0.25) is 5.15 Å². The zero-order chi connectivity index (χ0) is 16.5. The molecule has 0 saturated heterocycles. The SMILES string of the molecule is Cn1cc(/C=N/Nc2nnc(Cl)c3ccccc23)c2ccccc21. The standard InChI is InChI=1S/C18H14ClN5/c1-24-11-12(13-6-4-5-9-16(13)24)10-20-22-18-15-8-3-2-7-14(15)17(19)21-23-18/h2-11H,1H3,(H,22,23)/b20-10+. The van der Waals surface area contributed by atoms with Gasteiger partial charge in [-0.15, -0.1) is 10.2 Å². The molecule has 0 atom stereocenters. The summed E-state index contributed by atoms with van der Waals surface area (Å²) in [6.45, 7) is 0. The number of nitrogens with zero attached hydrogens (tertiary/aromatic N) is 4. The minimum absolute atomic E-state index is 0.384. The van der Waals surface area contributed by atoms with E-state index in [-0.39, 0.29) is 0 Å². The molecule has 118 valence electrons. The second-order valence-electron chi connectivity index (χ2n) is 5.47. The van der Waals surface area contributed by atoms with Crippen LogP contribution < -0.4 is 5.43 Å². The largest absolute Gasteiger partial charge is 0.350 e.